The van der Waals surface area contributed by atoms with Crippen LogP contribution in [0.1, 0.15) is 6.23 Å². The number of aromatic nitrogens is 2. The van der Waals surface area contributed by atoms with Crippen LogP contribution in [-0.4, -0.2) is 42.5 Å². The Balaban J connectivity index is 2.39. The van der Waals surface area contributed by atoms with Crippen LogP contribution in [0.15, 0.2) is 11.0 Å². The highest BCUT2D eigenvalue weighted by Crippen LogP contribution is 2.29. The average Bonchev–Trinajstić information content (AvgIpc) is 2.61. The van der Waals surface area contributed by atoms with Gasteiger partial charge in [-0.15, -0.1) is 0 Å². The molecule has 0 aliphatic carbocycles. The molecule has 100 valence electrons. The molecule has 0 aromatic carbocycles. The largest absolute Gasteiger partial charge is 0.387 e. The maximum Gasteiger partial charge on any atom is 0.351 e. The molecule has 18 heavy (non-hydrogen) atoms. The number of hydrogen-bond acceptors (Lipinski definition) is 6. The minimum atomic E-state index is -1.33. The Labute approximate surface area is 115 Å². The molecule has 2 unspecified atom stereocenters. The molecule has 2 heterocycles. The third-order valence-corrected chi connectivity index (χ3v) is 3.57. The molecule has 1 aliphatic heterocycles. The second-order valence-corrected chi connectivity index (χ2v) is 4.75. The summed E-state index contributed by atoms with van der Waals surface area (Å²) in [4.78, 5) is 14.8. The van der Waals surface area contributed by atoms with E-state index in [9.17, 15) is 19.4 Å². The molecule has 2 rings (SSSR count). The highest BCUT2D eigenvalue weighted by atomic mass is 127. The first-order valence-electron chi connectivity index (χ1n) is 5.07. The van der Waals surface area contributed by atoms with Gasteiger partial charge in [0.25, 0.3) is 0 Å². The van der Waals surface area contributed by atoms with E-state index < -0.39 is 41.9 Å². The Hall–Kier alpha value is -0.780. The van der Waals surface area contributed by atoms with Crippen molar-refractivity contribution in [3.8, 4) is 0 Å². The monoisotopic (exact) mass is 371 g/mol. The smallest absolute Gasteiger partial charge is 0.351 e. The molecule has 4 atom stereocenters. The minimum Gasteiger partial charge on any atom is -0.387 e. The van der Waals surface area contributed by atoms with E-state index in [4.69, 9.17) is 10.5 Å². The lowest BCUT2D eigenvalue weighted by Gasteiger charge is -2.17. The SMILES string of the molecule is Nc1nc(=O)n([C@@H]2O[C@H](CI)C(O)C2O)cc1F. The zero-order valence-corrected chi connectivity index (χ0v) is 11.2. The fourth-order valence-electron chi connectivity index (χ4n) is 1.73. The number of nitrogen functional groups attached to an aromatic ring is 1. The average molecular weight is 371 g/mol. The second-order valence-electron chi connectivity index (χ2n) is 3.86. The van der Waals surface area contributed by atoms with Gasteiger partial charge < -0.3 is 20.7 Å². The summed E-state index contributed by atoms with van der Waals surface area (Å²) in [6.45, 7) is 0. The molecule has 1 fully saturated rings. The Morgan fingerprint density at radius 2 is 2.22 bits per heavy atom. The first kappa shape index (κ1) is 13.6. The van der Waals surface area contributed by atoms with Crippen molar-refractivity contribution in [2.75, 3.05) is 10.2 Å². The number of halogens is 2. The van der Waals surface area contributed by atoms with Crippen LogP contribution in [0.5, 0.6) is 0 Å². The van der Waals surface area contributed by atoms with Crippen LogP contribution in [0.25, 0.3) is 0 Å². The molecular weight excluding hydrogens is 360 g/mol. The van der Waals surface area contributed by atoms with Crippen LogP contribution in [0.2, 0.25) is 0 Å². The van der Waals surface area contributed by atoms with Gasteiger partial charge in [-0.2, -0.15) is 4.98 Å². The van der Waals surface area contributed by atoms with Gasteiger partial charge in [-0.25, -0.2) is 9.18 Å². The molecule has 0 saturated carbocycles. The molecule has 1 saturated heterocycles. The minimum absolute atomic E-state index is 0.423. The van der Waals surface area contributed by atoms with E-state index in [1.807, 2.05) is 22.6 Å². The maximum absolute atomic E-state index is 13.3. The van der Waals surface area contributed by atoms with Gasteiger partial charge in [0.15, 0.2) is 17.9 Å². The zero-order chi connectivity index (χ0) is 13.4. The van der Waals surface area contributed by atoms with Crippen LogP contribution in [-0.2, 0) is 4.74 Å². The van der Waals surface area contributed by atoms with Crippen molar-refractivity contribution < 1.29 is 19.3 Å². The summed E-state index contributed by atoms with van der Waals surface area (Å²) in [6, 6.07) is 0. The number of aliphatic hydroxyl groups is 2. The zero-order valence-electron chi connectivity index (χ0n) is 9.03. The molecule has 1 aromatic heterocycles. The lowest BCUT2D eigenvalue weighted by atomic mass is 10.1. The molecule has 0 amide bonds. The number of nitrogens with two attached hydrogens (primary N) is 1. The first-order chi connectivity index (χ1) is 8.45. The Morgan fingerprint density at radius 1 is 1.56 bits per heavy atom. The number of hydrogen-bond donors (Lipinski definition) is 3. The summed E-state index contributed by atoms with van der Waals surface area (Å²) >= 11 is 1.97. The van der Waals surface area contributed by atoms with Crippen LogP contribution >= 0.6 is 22.6 Å². The normalized spacial score (nSPS) is 31.8. The number of alkyl halides is 1. The summed E-state index contributed by atoms with van der Waals surface area (Å²) in [7, 11) is 0. The number of ether oxygens (including phenoxy) is 1. The molecule has 4 N–H and O–H groups in total. The molecule has 0 bridgehead atoms. The van der Waals surface area contributed by atoms with Gasteiger partial charge in [-0.1, -0.05) is 22.6 Å². The van der Waals surface area contributed by atoms with Crippen molar-refractivity contribution in [3.63, 3.8) is 0 Å². The second kappa shape index (κ2) is 5.07. The summed E-state index contributed by atoms with van der Waals surface area (Å²) in [5.41, 5.74) is 4.30. The Morgan fingerprint density at radius 3 is 2.78 bits per heavy atom. The van der Waals surface area contributed by atoms with Crippen molar-refractivity contribution in [2.24, 2.45) is 0 Å². The van der Waals surface area contributed by atoms with E-state index in [0.717, 1.165) is 10.8 Å². The van der Waals surface area contributed by atoms with Crippen LogP contribution in [0.3, 0.4) is 0 Å². The van der Waals surface area contributed by atoms with Crippen molar-refractivity contribution in [2.45, 2.75) is 24.5 Å². The van der Waals surface area contributed by atoms with Gasteiger partial charge in [0.1, 0.15) is 12.2 Å². The third kappa shape index (κ3) is 2.22. The Kier molecular flexibility index (Phi) is 3.84. The van der Waals surface area contributed by atoms with Crippen molar-refractivity contribution >= 4 is 28.4 Å². The van der Waals surface area contributed by atoms with E-state index in [0.29, 0.717) is 4.43 Å². The van der Waals surface area contributed by atoms with E-state index in [1.54, 1.807) is 0 Å². The predicted molar refractivity (Wildman–Crippen MR) is 67.7 cm³/mol. The summed E-state index contributed by atoms with van der Waals surface area (Å²) in [5.74, 6) is -1.41. The summed E-state index contributed by atoms with van der Waals surface area (Å²) in [6.07, 6.45) is -3.46. The van der Waals surface area contributed by atoms with E-state index >= 15 is 0 Å². The summed E-state index contributed by atoms with van der Waals surface area (Å²) < 4.78 is 19.8. The third-order valence-electron chi connectivity index (χ3n) is 2.70. The van der Waals surface area contributed by atoms with Crippen LogP contribution in [0, 0.1) is 5.82 Å². The van der Waals surface area contributed by atoms with E-state index in [1.165, 1.54) is 0 Å². The molecule has 1 aliphatic rings. The summed E-state index contributed by atoms with van der Waals surface area (Å²) in [5, 5.41) is 19.4. The number of aliphatic hydroxyl groups excluding tert-OH is 2. The molecule has 0 radical (unpaired) electrons. The van der Waals surface area contributed by atoms with Gasteiger partial charge in [-0.05, 0) is 0 Å². The van der Waals surface area contributed by atoms with Crippen molar-refractivity contribution in [1.82, 2.24) is 9.55 Å². The van der Waals surface area contributed by atoms with Gasteiger partial charge in [0, 0.05) is 4.43 Å². The quantitative estimate of drug-likeness (QED) is 0.455. The molecule has 9 heteroatoms. The Bertz CT molecular complexity index is 511. The topological polar surface area (TPSA) is 111 Å². The van der Waals surface area contributed by atoms with Crippen molar-refractivity contribution in [3.05, 3.63) is 22.5 Å². The fraction of sp³-hybridized carbons (Fsp3) is 0.556. The molecule has 0 spiro atoms. The standard InChI is InChI=1S/C9H11FIN3O4/c10-3-2-14(9(17)13-7(3)12)8-6(16)5(15)4(1-11)18-8/h2,4-6,8,15-16H,1H2,(H2,12,13,17)/t4-,5?,6?,8-/m1/s1. The number of anilines is 1. The first-order valence-corrected chi connectivity index (χ1v) is 6.60. The van der Waals surface area contributed by atoms with Gasteiger partial charge in [-0.3, -0.25) is 4.57 Å². The molecule has 7 nitrogen and oxygen atoms in total. The van der Waals surface area contributed by atoms with Gasteiger partial charge in [0.2, 0.25) is 0 Å². The van der Waals surface area contributed by atoms with E-state index in [-0.39, 0.29) is 0 Å². The van der Waals surface area contributed by atoms with Crippen LogP contribution < -0.4 is 11.4 Å². The van der Waals surface area contributed by atoms with Gasteiger partial charge >= 0.3 is 5.69 Å². The fourth-order valence-corrected chi connectivity index (χ4v) is 2.46. The van der Waals surface area contributed by atoms with Crippen molar-refractivity contribution in [1.29, 1.82) is 0 Å². The number of nitrogens with zero attached hydrogens (tertiary/aromatic N) is 2. The number of rotatable bonds is 2. The molecule has 1 aromatic rings. The van der Waals surface area contributed by atoms with E-state index in [2.05, 4.69) is 4.98 Å². The van der Waals surface area contributed by atoms with Gasteiger partial charge in [0.05, 0.1) is 12.3 Å². The lowest BCUT2D eigenvalue weighted by molar-refractivity contribution is -0.0339. The maximum atomic E-state index is 13.3. The predicted octanol–water partition coefficient (Wildman–Crippen LogP) is -0.981. The molecular formula is C9H11FIN3O4. The highest BCUT2D eigenvalue weighted by molar-refractivity contribution is 14.1. The van der Waals surface area contributed by atoms with Crippen LogP contribution in [0.4, 0.5) is 10.2 Å². The lowest BCUT2D eigenvalue weighted by Crippen LogP contribution is -2.36. The highest BCUT2D eigenvalue weighted by Gasteiger charge is 2.43.